The van der Waals surface area contributed by atoms with Crippen molar-refractivity contribution in [2.75, 3.05) is 38.2 Å². The summed E-state index contributed by atoms with van der Waals surface area (Å²) in [5.74, 6) is -0.710. The quantitative estimate of drug-likeness (QED) is 0.207. The van der Waals surface area contributed by atoms with Gasteiger partial charge in [0.2, 0.25) is 0 Å². The van der Waals surface area contributed by atoms with Crippen molar-refractivity contribution in [1.82, 2.24) is 10.6 Å². The van der Waals surface area contributed by atoms with Gasteiger partial charge < -0.3 is 12.1 Å². The first-order chi connectivity index (χ1) is 12.3. The Kier molecular flexibility index (Phi) is 20.9. The third-order valence-electron chi connectivity index (χ3n) is 4.05. The number of hydrogen-bond donors (Lipinski definition) is 2. The summed E-state index contributed by atoms with van der Waals surface area (Å²) in [5.41, 5.74) is 0. The Labute approximate surface area is 190 Å². The van der Waals surface area contributed by atoms with Crippen LogP contribution in [0.5, 0.6) is 0 Å². The molecule has 160 valence electrons. The fourth-order valence-electron chi connectivity index (χ4n) is 2.51. The molecule has 0 aromatic carbocycles. The zero-order valence-corrected chi connectivity index (χ0v) is 21.1. The maximum atomic E-state index is 11.6. The van der Waals surface area contributed by atoms with E-state index in [9.17, 15) is 16.8 Å². The topological polar surface area (TPSA) is 102 Å². The van der Waals surface area contributed by atoms with Crippen LogP contribution < -0.4 is 40.2 Å². The van der Waals surface area contributed by atoms with Crippen LogP contribution in [0.1, 0.15) is 72.6 Å². The molecule has 0 aliphatic rings. The zero-order valence-electron chi connectivity index (χ0n) is 18.5. The molecule has 0 spiro atoms. The van der Waals surface area contributed by atoms with Gasteiger partial charge in [-0.25, -0.2) is 0 Å². The molecular formula is C17H39N2NaO5S2. The van der Waals surface area contributed by atoms with Crippen molar-refractivity contribution in [3.05, 3.63) is 0 Å². The first-order valence-corrected chi connectivity index (χ1v) is 13.0. The van der Waals surface area contributed by atoms with E-state index in [1.807, 2.05) is 0 Å². The van der Waals surface area contributed by atoms with Crippen LogP contribution in [0.25, 0.3) is 0 Å². The van der Waals surface area contributed by atoms with Gasteiger partial charge in [0, 0.05) is 13.1 Å². The predicted octanol–water partition coefficient (Wildman–Crippen LogP) is -0.491. The Morgan fingerprint density at radius 3 is 1.63 bits per heavy atom. The average Bonchev–Trinajstić information content (AvgIpc) is 2.56. The van der Waals surface area contributed by atoms with Crippen LogP contribution in [0.4, 0.5) is 0 Å². The number of rotatable bonds is 19. The monoisotopic (exact) mass is 438 g/mol. The zero-order chi connectivity index (χ0) is 19.7. The van der Waals surface area contributed by atoms with Gasteiger partial charge >= 0.3 is 29.6 Å². The smallest absolute Gasteiger partial charge is 1.00 e. The van der Waals surface area contributed by atoms with Crippen LogP contribution in [0.2, 0.25) is 0 Å². The van der Waals surface area contributed by atoms with E-state index >= 15 is 0 Å². The van der Waals surface area contributed by atoms with Crippen molar-refractivity contribution in [3.8, 4) is 0 Å². The molecule has 0 bridgehead atoms. The summed E-state index contributed by atoms with van der Waals surface area (Å²) < 4.78 is 50.6. The molecule has 2 N–H and O–H groups in total. The summed E-state index contributed by atoms with van der Waals surface area (Å²) in [7, 11) is -6.53. The summed E-state index contributed by atoms with van der Waals surface area (Å²) in [5, 5.41) is 5.67. The summed E-state index contributed by atoms with van der Waals surface area (Å²) in [4.78, 5) is 0. The van der Waals surface area contributed by atoms with Crippen molar-refractivity contribution in [2.45, 2.75) is 71.1 Å². The first-order valence-electron chi connectivity index (χ1n) is 9.85. The average molecular weight is 439 g/mol. The van der Waals surface area contributed by atoms with Crippen molar-refractivity contribution >= 4 is 20.2 Å². The van der Waals surface area contributed by atoms with Gasteiger partial charge in [0.15, 0.2) is 0 Å². The minimum Gasteiger partial charge on any atom is -1.00 e. The van der Waals surface area contributed by atoms with Gasteiger partial charge in [0.05, 0.1) is 11.5 Å². The largest absolute Gasteiger partial charge is 1.00 e. The Balaban J connectivity index is -0.00000312. The molecule has 0 aliphatic carbocycles. The second-order valence-corrected chi connectivity index (χ2v) is 10.2. The Morgan fingerprint density at radius 1 is 0.704 bits per heavy atom. The third-order valence-corrected chi connectivity index (χ3v) is 7.11. The molecule has 0 saturated carbocycles. The van der Waals surface area contributed by atoms with Crippen molar-refractivity contribution in [2.24, 2.45) is 0 Å². The van der Waals surface area contributed by atoms with Crippen LogP contribution in [0, 0.1) is 0 Å². The molecule has 0 fully saturated rings. The molecule has 0 aromatic heterocycles. The Morgan fingerprint density at radius 2 is 1.15 bits per heavy atom. The van der Waals surface area contributed by atoms with Crippen LogP contribution in [0.15, 0.2) is 0 Å². The van der Waals surface area contributed by atoms with E-state index in [0.29, 0.717) is 0 Å². The van der Waals surface area contributed by atoms with E-state index in [0.717, 1.165) is 19.4 Å². The van der Waals surface area contributed by atoms with Crippen molar-refractivity contribution in [1.29, 1.82) is 0 Å². The van der Waals surface area contributed by atoms with Gasteiger partial charge in [0.25, 0.3) is 20.2 Å². The molecule has 0 saturated heterocycles. The molecule has 0 radical (unpaired) electrons. The summed E-state index contributed by atoms with van der Waals surface area (Å²) in [6.45, 7) is 3.30. The molecule has 0 amide bonds. The van der Waals surface area contributed by atoms with Crippen LogP contribution in [0.3, 0.4) is 0 Å². The summed E-state index contributed by atoms with van der Waals surface area (Å²) in [6, 6.07) is 0. The number of hydrogen-bond acceptors (Lipinski definition) is 7. The molecule has 0 atom stereocenters. The van der Waals surface area contributed by atoms with Gasteiger partial charge in [-0.15, -0.1) is 3.63 Å². The van der Waals surface area contributed by atoms with Gasteiger partial charge in [-0.1, -0.05) is 64.7 Å². The van der Waals surface area contributed by atoms with Gasteiger partial charge in [-0.3, -0.25) is 0 Å². The predicted molar refractivity (Wildman–Crippen MR) is 108 cm³/mol. The van der Waals surface area contributed by atoms with E-state index < -0.39 is 20.2 Å². The molecule has 0 aliphatic heterocycles. The van der Waals surface area contributed by atoms with Crippen LogP contribution in [-0.4, -0.2) is 55.0 Å². The molecule has 27 heavy (non-hydrogen) atoms. The number of unbranched alkanes of at least 4 members (excludes halogenated alkanes) is 9. The van der Waals surface area contributed by atoms with Gasteiger partial charge in [0.1, 0.15) is 0 Å². The fourth-order valence-corrected chi connectivity index (χ4v) is 5.17. The maximum Gasteiger partial charge on any atom is 1.00 e. The molecular weight excluding hydrogens is 399 g/mol. The molecule has 0 heterocycles. The van der Waals surface area contributed by atoms with E-state index in [2.05, 4.69) is 21.2 Å². The Hall–Kier alpha value is 0.780. The molecule has 10 heteroatoms. The molecule has 0 unspecified atom stereocenters. The maximum absolute atomic E-state index is 11.6. The van der Waals surface area contributed by atoms with E-state index in [4.69, 9.17) is 0 Å². The first kappa shape index (κ1) is 30.0. The van der Waals surface area contributed by atoms with Gasteiger partial charge in [-0.2, -0.15) is 16.8 Å². The minimum atomic E-state index is -4.06. The standard InChI is InChI=1S/C17H38N2O5S2.Na.H/c1-3-4-5-6-7-8-9-10-11-12-13-19-15-17-26(22,23)24-25(20,21)16-14-18-2;;/h18-19H,3-17H2,1-2H3;;/q;+1;-1. The second-order valence-electron chi connectivity index (χ2n) is 6.63. The second kappa shape index (κ2) is 18.8. The van der Waals surface area contributed by atoms with E-state index in [1.165, 1.54) is 51.4 Å². The number of nitrogens with one attached hydrogen (secondary N) is 2. The van der Waals surface area contributed by atoms with Crippen LogP contribution >= 0.6 is 0 Å². The fraction of sp³-hybridized carbons (Fsp3) is 1.00. The van der Waals surface area contributed by atoms with E-state index in [1.54, 1.807) is 7.05 Å². The SMILES string of the molecule is CCCCCCCCCCCCNCCS(=O)(=O)OS(=O)(=O)CCNC.[H-].[Na+]. The van der Waals surface area contributed by atoms with Crippen molar-refractivity contribution in [3.63, 3.8) is 0 Å². The molecule has 7 nitrogen and oxygen atoms in total. The molecule has 0 rings (SSSR count). The molecule has 0 aromatic rings. The van der Waals surface area contributed by atoms with E-state index in [-0.39, 0.29) is 55.6 Å². The summed E-state index contributed by atoms with van der Waals surface area (Å²) >= 11 is 0. The van der Waals surface area contributed by atoms with Crippen LogP contribution in [-0.2, 0) is 23.9 Å². The minimum absolute atomic E-state index is 0. The Bertz CT molecular complexity index is 534. The van der Waals surface area contributed by atoms with Gasteiger partial charge in [-0.05, 0) is 20.0 Å². The van der Waals surface area contributed by atoms with Crippen molar-refractivity contribution < 1.29 is 51.4 Å². The third kappa shape index (κ3) is 21.3. The normalized spacial score (nSPS) is 12.1. The summed E-state index contributed by atoms with van der Waals surface area (Å²) in [6.07, 6.45) is 12.5.